The number of piperidine rings is 1. The van der Waals surface area contributed by atoms with Gasteiger partial charge in [0.2, 0.25) is 0 Å². The third-order valence-corrected chi connectivity index (χ3v) is 7.12. The number of nitrogens with one attached hydrogen (secondary N) is 1. The van der Waals surface area contributed by atoms with Gasteiger partial charge in [0.15, 0.2) is 17.6 Å². The topological polar surface area (TPSA) is 60.0 Å². The number of rotatable bonds is 4. The molecule has 150 valence electrons. The molecule has 0 amide bonds. The van der Waals surface area contributed by atoms with Gasteiger partial charge in [-0.05, 0) is 45.0 Å². The summed E-state index contributed by atoms with van der Waals surface area (Å²) >= 11 is 0. The van der Waals surface area contributed by atoms with E-state index in [2.05, 4.69) is 29.4 Å². The Balaban J connectivity index is 1.76. The lowest BCUT2D eigenvalue weighted by molar-refractivity contribution is -0.152. The van der Waals surface area contributed by atoms with Crippen LogP contribution in [0.3, 0.4) is 0 Å². The van der Waals surface area contributed by atoms with Crippen LogP contribution in [0.1, 0.15) is 31.4 Å². The van der Waals surface area contributed by atoms with E-state index < -0.39 is 0 Å². The highest BCUT2D eigenvalue weighted by atomic mass is 16.6. The molecule has 0 radical (unpaired) electrons. The summed E-state index contributed by atoms with van der Waals surface area (Å²) in [4.78, 5) is 14.2. The van der Waals surface area contributed by atoms with Crippen molar-refractivity contribution in [3.8, 4) is 11.5 Å². The molecular weight excluding hydrogens is 356 g/mol. The fraction of sp³-hybridized carbons (Fsp3) is 0.591. The molecule has 5 atom stereocenters. The zero-order valence-corrected chi connectivity index (χ0v) is 17.0. The van der Waals surface area contributed by atoms with Gasteiger partial charge in [-0.2, -0.15) is 0 Å². The molecule has 1 spiro atoms. The standard InChI is InChI=1S/C22H28N2O4/c1-5-26-18-11-15(23-3)13-10-16-14-6-7-17(27-12(2)25)21-22(14,8-9-24(16)4)19(13)20(18)28-21/h6-7,11,14,16-17,21,23H,5,8-10H2,1-4H3/t14?,16?,17-,21?,22?/m0/s1. The van der Waals surface area contributed by atoms with Gasteiger partial charge in [0, 0.05) is 48.7 Å². The van der Waals surface area contributed by atoms with Crippen molar-refractivity contribution < 1.29 is 19.0 Å². The van der Waals surface area contributed by atoms with Crippen LogP contribution in [0.2, 0.25) is 0 Å². The van der Waals surface area contributed by atoms with Crippen LogP contribution in [-0.4, -0.2) is 56.4 Å². The number of likely N-dealkylation sites (tertiary alicyclic amines) is 1. The van der Waals surface area contributed by atoms with Gasteiger partial charge in [-0.15, -0.1) is 0 Å². The summed E-state index contributed by atoms with van der Waals surface area (Å²) in [6.07, 6.45) is 5.70. The van der Waals surface area contributed by atoms with Crippen LogP contribution >= 0.6 is 0 Å². The first-order chi connectivity index (χ1) is 13.5. The fourth-order valence-electron chi connectivity index (χ4n) is 6.07. The van der Waals surface area contributed by atoms with E-state index in [9.17, 15) is 4.79 Å². The van der Waals surface area contributed by atoms with Gasteiger partial charge in [0.05, 0.1) is 6.61 Å². The lowest BCUT2D eigenvalue weighted by atomic mass is 9.53. The number of anilines is 1. The fourth-order valence-corrected chi connectivity index (χ4v) is 6.07. The summed E-state index contributed by atoms with van der Waals surface area (Å²) in [5, 5.41) is 3.38. The lowest BCUT2D eigenvalue weighted by Crippen LogP contribution is -2.65. The molecule has 4 unspecified atom stereocenters. The van der Waals surface area contributed by atoms with Crippen LogP contribution in [0.5, 0.6) is 11.5 Å². The molecule has 4 aliphatic rings. The normalized spacial score (nSPS) is 34.4. The third kappa shape index (κ3) is 2.15. The maximum Gasteiger partial charge on any atom is 0.303 e. The van der Waals surface area contributed by atoms with E-state index in [0.717, 1.165) is 36.6 Å². The minimum Gasteiger partial charge on any atom is -0.490 e. The number of likely N-dealkylation sites (N-methyl/N-ethyl adjacent to an activating group) is 1. The second-order valence-corrected chi connectivity index (χ2v) is 8.35. The largest absolute Gasteiger partial charge is 0.490 e. The molecule has 0 aromatic heterocycles. The highest BCUT2D eigenvalue weighted by molar-refractivity contribution is 5.72. The van der Waals surface area contributed by atoms with Gasteiger partial charge in [-0.25, -0.2) is 0 Å². The number of benzene rings is 1. The second kappa shape index (κ2) is 6.14. The van der Waals surface area contributed by atoms with E-state index in [4.69, 9.17) is 14.2 Å². The Labute approximate surface area is 165 Å². The van der Waals surface area contributed by atoms with Crippen molar-refractivity contribution in [3.63, 3.8) is 0 Å². The number of hydrogen-bond acceptors (Lipinski definition) is 6. The van der Waals surface area contributed by atoms with Crippen LogP contribution in [0.4, 0.5) is 5.69 Å². The monoisotopic (exact) mass is 384 g/mol. The predicted molar refractivity (Wildman–Crippen MR) is 106 cm³/mol. The van der Waals surface area contributed by atoms with E-state index in [-0.39, 0.29) is 23.6 Å². The molecule has 1 aromatic rings. The summed E-state index contributed by atoms with van der Waals surface area (Å²) in [6, 6.07) is 2.48. The highest BCUT2D eigenvalue weighted by Crippen LogP contribution is 2.64. The zero-order valence-electron chi connectivity index (χ0n) is 17.0. The maximum atomic E-state index is 11.8. The van der Waals surface area contributed by atoms with Crippen molar-refractivity contribution in [2.75, 3.05) is 32.6 Å². The molecular formula is C22H28N2O4. The molecule has 28 heavy (non-hydrogen) atoms. The minimum absolute atomic E-state index is 0.173. The molecule has 2 aliphatic heterocycles. The van der Waals surface area contributed by atoms with Crippen molar-refractivity contribution in [1.82, 2.24) is 4.90 Å². The number of esters is 1. The van der Waals surface area contributed by atoms with Crippen molar-refractivity contribution in [2.45, 2.75) is 50.4 Å². The van der Waals surface area contributed by atoms with Crippen molar-refractivity contribution in [3.05, 3.63) is 29.3 Å². The van der Waals surface area contributed by atoms with E-state index >= 15 is 0 Å². The quantitative estimate of drug-likeness (QED) is 0.636. The molecule has 2 heterocycles. The van der Waals surface area contributed by atoms with Gasteiger partial charge in [-0.1, -0.05) is 6.08 Å². The number of ether oxygens (including phenoxy) is 3. The Hall–Kier alpha value is -2.21. The van der Waals surface area contributed by atoms with Crippen LogP contribution < -0.4 is 14.8 Å². The summed E-state index contributed by atoms with van der Waals surface area (Å²) in [7, 11) is 4.18. The molecule has 1 saturated heterocycles. The van der Waals surface area contributed by atoms with Gasteiger partial charge in [0.1, 0.15) is 6.10 Å². The van der Waals surface area contributed by atoms with E-state index in [1.807, 2.05) is 20.0 Å². The summed E-state index contributed by atoms with van der Waals surface area (Å²) in [5.41, 5.74) is 3.55. The van der Waals surface area contributed by atoms with E-state index in [1.54, 1.807) is 0 Å². The van der Waals surface area contributed by atoms with Crippen molar-refractivity contribution in [2.24, 2.45) is 5.92 Å². The van der Waals surface area contributed by atoms with Crippen LogP contribution in [0, 0.1) is 5.92 Å². The smallest absolute Gasteiger partial charge is 0.303 e. The Morgan fingerprint density at radius 2 is 2.25 bits per heavy atom. The number of carbonyl (C=O) groups excluding carboxylic acids is 1. The SMILES string of the molecule is CCOc1cc(NC)c2c3c1OC1[C@@H](OC(C)=O)C=CC4C(C2)N(C)CCC341. The second-order valence-electron chi connectivity index (χ2n) is 8.35. The van der Waals surface area contributed by atoms with Crippen molar-refractivity contribution >= 4 is 11.7 Å². The average Bonchev–Trinajstić information content (AvgIpc) is 3.01. The first kappa shape index (κ1) is 17.9. The maximum absolute atomic E-state index is 11.8. The molecule has 1 aromatic carbocycles. The first-order valence-corrected chi connectivity index (χ1v) is 10.2. The van der Waals surface area contributed by atoms with Crippen LogP contribution in [0.15, 0.2) is 18.2 Å². The molecule has 1 N–H and O–H groups in total. The van der Waals surface area contributed by atoms with Gasteiger partial charge < -0.3 is 24.4 Å². The summed E-state index contributed by atoms with van der Waals surface area (Å²) in [6.45, 7) is 5.04. The molecule has 5 rings (SSSR count). The third-order valence-electron chi connectivity index (χ3n) is 7.12. The number of hydrogen-bond donors (Lipinski definition) is 1. The summed E-state index contributed by atoms with van der Waals surface area (Å²) < 4.78 is 18.3. The number of carbonyl (C=O) groups is 1. The molecule has 0 saturated carbocycles. The van der Waals surface area contributed by atoms with Gasteiger partial charge in [-0.3, -0.25) is 4.79 Å². The Morgan fingerprint density at radius 1 is 1.43 bits per heavy atom. The zero-order chi connectivity index (χ0) is 19.6. The lowest BCUT2D eigenvalue weighted by Gasteiger charge is -2.56. The Morgan fingerprint density at radius 3 is 2.96 bits per heavy atom. The van der Waals surface area contributed by atoms with Crippen LogP contribution in [-0.2, 0) is 21.4 Å². The van der Waals surface area contributed by atoms with Crippen molar-refractivity contribution in [1.29, 1.82) is 0 Å². The van der Waals surface area contributed by atoms with Crippen LogP contribution in [0.25, 0.3) is 0 Å². The summed E-state index contributed by atoms with van der Waals surface area (Å²) in [5.74, 6) is 1.71. The molecule has 6 nitrogen and oxygen atoms in total. The number of nitrogens with zero attached hydrogens (tertiary/aromatic N) is 1. The molecule has 6 heteroatoms. The molecule has 1 fully saturated rings. The van der Waals surface area contributed by atoms with E-state index in [0.29, 0.717) is 18.6 Å². The minimum atomic E-state index is -0.372. The van der Waals surface area contributed by atoms with E-state index in [1.165, 1.54) is 18.1 Å². The average molecular weight is 384 g/mol. The Kier molecular flexibility index (Phi) is 3.92. The first-order valence-electron chi connectivity index (χ1n) is 10.2. The Bertz CT molecular complexity index is 867. The highest BCUT2D eigenvalue weighted by Gasteiger charge is 2.65. The van der Waals surface area contributed by atoms with Gasteiger partial charge >= 0.3 is 5.97 Å². The predicted octanol–water partition coefficient (Wildman–Crippen LogP) is 2.50. The molecule has 2 aliphatic carbocycles. The molecule has 2 bridgehead atoms. The van der Waals surface area contributed by atoms with Gasteiger partial charge in [0.25, 0.3) is 0 Å².